The Morgan fingerprint density at radius 1 is 1.28 bits per heavy atom. The minimum Gasteiger partial charge on any atom is -0.328 e. The SMILES string of the molecule is CC(N)CCCCN1C(=O)CCc2ccccc21. The Balaban J connectivity index is 1.97. The number of hydrogen-bond donors (Lipinski definition) is 1. The van der Waals surface area contributed by atoms with Crippen LogP contribution in [0.1, 0.15) is 38.2 Å². The van der Waals surface area contributed by atoms with Gasteiger partial charge in [0.2, 0.25) is 5.91 Å². The first-order valence-corrected chi connectivity index (χ1v) is 6.82. The number of amides is 1. The van der Waals surface area contributed by atoms with Crippen LogP contribution in [0.5, 0.6) is 0 Å². The highest BCUT2D eigenvalue weighted by Gasteiger charge is 2.22. The summed E-state index contributed by atoms with van der Waals surface area (Å²) in [7, 11) is 0. The number of nitrogens with zero attached hydrogens (tertiary/aromatic N) is 1. The van der Waals surface area contributed by atoms with Crippen LogP contribution in [0.15, 0.2) is 24.3 Å². The van der Waals surface area contributed by atoms with Gasteiger partial charge in [0.25, 0.3) is 0 Å². The Labute approximate surface area is 109 Å². The van der Waals surface area contributed by atoms with Gasteiger partial charge in [-0.1, -0.05) is 24.6 Å². The molecule has 1 atom stereocenters. The van der Waals surface area contributed by atoms with Crippen molar-refractivity contribution >= 4 is 11.6 Å². The second-order valence-electron chi connectivity index (χ2n) is 5.15. The first-order valence-electron chi connectivity index (χ1n) is 6.82. The molecular formula is C15H22N2O. The Bertz CT molecular complexity index is 415. The molecular weight excluding hydrogens is 224 g/mol. The molecule has 0 saturated heterocycles. The van der Waals surface area contributed by atoms with E-state index in [1.807, 2.05) is 24.0 Å². The number of aryl methyl sites for hydroxylation is 1. The molecule has 3 heteroatoms. The van der Waals surface area contributed by atoms with Gasteiger partial charge in [-0.15, -0.1) is 0 Å². The predicted molar refractivity (Wildman–Crippen MR) is 74.6 cm³/mol. The average Bonchev–Trinajstić information content (AvgIpc) is 2.36. The van der Waals surface area contributed by atoms with E-state index in [-0.39, 0.29) is 11.9 Å². The lowest BCUT2D eigenvalue weighted by Crippen LogP contribution is -2.35. The lowest BCUT2D eigenvalue weighted by atomic mass is 10.0. The van der Waals surface area contributed by atoms with E-state index in [9.17, 15) is 4.79 Å². The van der Waals surface area contributed by atoms with Crippen molar-refractivity contribution in [1.82, 2.24) is 0 Å². The van der Waals surface area contributed by atoms with Crippen molar-refractivity contribution in [2.45, 2.75) is 45.1 Å². The maximum atomic E-state index is 12.0. The van der Waals surface area contributed by atoms with Crippen LogP contribution in [-0.2, 0) is 11.2 Å². The maximum absolute atomic E-state index is 12.0. The molecule has 0 radical (unpaired) electrons. The van der Waals surface area contributed by atoms with E-state index in [1.54, 1.807) is 0 Å². The molecule has 1 aromatic carbocycles. The molecule has 0 aromatic heterocycles. The largest absolute Gasteiger partial charge is 0.328 e. The number of rotatable bonds is 5. The summed E-state index contributed by atoms with van der Waals surface area (Å²) in [5, 5.41) is 0. The summed E-state index contributed by atoms with van der Waals surface area (Å²) >= 11 is 0. The molecule has 0 spiro atoms. The molecule has 1 aliphatic heterocycles. The van der Waals surface area contributed by atoms with Crippen LogP contribution in [0.2, 0.25) is 0 Å². The number of unbranched alkanes of at least 4 members (excludes halogenated alkanes) is 1. The van der Waals surface area contributed by atoms with Crippen LogP contribution in [-0.4, -0.2) is 18.5 Å². The monoisotopic (exact) mass is 246 g/mol. The zero-order chi connectivity index (χ0) is 13.0. The van der Waals surface area contributed by atoms with Crippen molar-refractivity contribution in [3.63, 3.8) is 0 Å². The van der Waals surface area contributed by atoms with Gasteiger partial charge in [-0.3, -0.25) is 4.79 Å². The van der Waals surface area contributed by atoms with Crippen molar-refractivity contribution in [2.75, 3.05) is 11.4 Å². The van der Waals surface area contributed by atoms with E-state index >= 15 is 0 Å². The predicted octanol–water partition coefficient (Wildman–Crippen LogP) is 2.48. The Kier molecular flexibility index (Phi) is 4.37. The van der Waals surface area contributed by atoms with Crippen LogP contribution >= 0.6 is 0 Å². The first kappa shape index (κ1) is 13.1. The molecule has 0 fully saturated rings. The fraction of sp³-hybridized carbons (Fsp3) is 0.533. The fourth-order valence-electron chi connectivity index (χ4n) is 2.48. The molecule has 1 heterocycles. The standard InChI is InChI=1S/C15H22N2O/c1-12(16)6-4-5-11-17-14-8-3-2-7-13(14)9-10-15(17)18/h2-3,7-8,12H,4-6,9-11,16H2,1H3. The van der Waals surface area contributed by atoms with Crippen molar-refractivity contribution in [3.05, 3.63) is 29.8 Å². The molecule has 98 valence electrons. The third-order valence-corrected chi connectivity index (χ3v) is 3.48. The van der Waals surface area contributed by atoms with Crippen molar-refractivity contribution in [2.24, 2.45) is 5.73 Å². The average molecular weight is 246 g/mol. The van der Waals surface area contributed by atoms with Crippen LogP contribution in [0.3, 0.4) is 0 Å². The number of carbonyl (C=O) groups is 1. The molecule has 1 amide bonds. The quantitative estimate of drug-likeness (QED) is 0.811. The second-order valence-corrected chi connectivity index (χ2v) is 5.15. The summed E-state index contributed by atoms with van der Waals surface area (Å²) in [5.74, 6) is 0.259. The number of nitrogens with two attached hydrogens (primary N) is 1. The van der Waals surface area contributed by atoms with E-state index in [2.05, 4.69) is 12.1 Å². The molecule has 1 aliphatic rings. The molecule has 0 aliphatic carbocycles. The zero-order valence-electron chi connectivity index (χ0n) is 11.1. The lowest BCUT2D eigenvalue weighted by molar-refractivity contribution is -0.118. The van der Waals surface area contributed by atoms with Gasteiger partial charge in [0.1, 0.15) is 0 Å². The Morgan fingerprint density at radius 3 is 2.83 bits per heavy atom. The lowest BCUT2D eigenvalue weighted by Gasteiger charge is -2.29. The third kappa shape index (κ3) is 3.10. The number of carbonyl (C=O) groups excluding carboxylic acids is 1. The van der Waals surface area contributed by atoms with E-state index < -0.39 is 0 Å². The molecule has 2 rings (SSSR count). The number of benzene rings is 1. The van der Waals surface area contributed by atoms with Crippen LogP contribution in [0, 0.1) is 0 Å². The third-order valence-electron chi connectivity index (χ3n) is 3.48. The normalized spacial score (nSPS) is 16.6. The highest BCUT2D eigenvalue weighted by atomic mass is 16.2. The van der Waals surface area contributed by atoms with Crippen molar-refractivity contribution < 1.29 is 4.79 Å². The van der Waals surface area contributed by atoms with Gasteiger partial charge in [0.15, 0.2) is 0 Å². The van der Waals surface area contributed by atoms with Gasteiger partial charge in [-0.25, -0.2) is 0 Å². The Morgan fingerprint density at radius 2 is 2.06 bits per heavy atom. The molecule has 0 saturated carbocycles. The molecule has 2 N–H and O–H groups in total. The number of fused-ring (bicyclic) bond motifs is 1. The topological polar surface area (TPSA) is 46.3 Å². The second kappa shape index (κ2) is 6.01. The smallest absolute Gasteiger partial charge is 0.227 e. The maximum Gasteiger partial charge on any atom is 0.227 e. The minimum absolute atomic E-state index is 0.259. The van der Waals surface area contributed by atoms with Gasteiger partial charge in [0, 0.05) is 24.7 Å². The van der Waals surface area contributed by atoms with Crippen LogP contribution in [0.4, 0.5) is 5.69 Å². The zero-order valence-corrected chi connectivity index (χ0v) is 11.1. The minimum atomic E-state index is 0.259. The summed E-state index contributed by atoms with van der Waals surface area (Å²) in [6, 6.07) is 8.48. The summed E-state index contributed by atoms with van der Waals surface area (Å²) in [6.07, 6.45) is 4.67. The van der Waals surface area contributed by atoms with Gasteiger partial charge in [-0.05, 0) is 37.8 Å². The molecule has 18 heavy (non-hydrogen) atoms. The Hall–Kier alpha value is -1.35. The van der Waals surface area contributed by atoms with E-state index in [4.69, 9.17) is 5.73 Å². The molecule has 0 bridgehead atoms. The highest BCUT2D eigenvalue weighted by molar-refractivity contribution is 5.96. The molecule has 1 aromatic rings. The summed E-state index contributed by atoms with van der Waals surface area (Å²) in [4.78, 5) is 13.9. The molecule has 3 nitrogen and oxygen atoms in total. The van der Waals surface area contributed by atoms with Crippen LogP contribution < -0.4 is 10.6 Å². The molecule has 1 unspecified atom stereocenters. The number of hydrogen-bond acceptors (Lipinski definition) is 2. The van der Waals surface area contributed by atoms with E-state index in [0.717, 1.165) is 37.9 Å². The van der Waals surface area contributed by atoms with Crippen LogP contribution in [0.25, 0.3) is 0 Å². The number of anilines is 1. The summed E-state index contributed by atoms with van der Waals surface area (Å²) < 4.78 is 0. The van der Waals surface area contributed by atoms with Gasteiger partial charge in [-0.2, -0.15) is 0 Å². The fourth-order valence-corrected chi connectivity index (χ4v) is 2.48. The summed E-state index contributed by atoms with van der Waals surface area (Å²) in [5.41, 5.74) is 8.14. The van der Waals surface area contributed by atoms with Crippen molar-refractivity contribution in [3.8, 4) is 0 Å². The summed E-state index contributed by atoms with van der Waals surface area (Å²) in [6.45, 7) is 2.85. The van der Waals surface area contributed by atoms with E-state index in [0.29, 0.717) is 6.42 Å². The first-order chi connectivity index (χ1) is 8.68. The number of para-hydroxylation sites is 1. The van der Waals surface area contributed by atoms with Crippen molar-refractivity contribution in [1.29, 1.82) is 0 Å². The van der Waals surface area contributed by atoms with Gasteiger partial charge >= 0.3 is 0 Å². The highest BCUT2D eigenvalue weighted by Crippen LogP contribution is 2.27. The van der Waals surface area contributed by atoms with Gasteiger partial charge < -0.3 is 10.6 Å². The van der Waals surface area contributed by atoms with E-state index in [1.165, 1.54) is 5.56 Å². The van der Waals surface area contributed by atoms with Gasteiger partial charge in [0.05, 0.1) is 0 Å².